The van der Waals surface area contributed by atoms with Crippen LogP contribution >= 0.6 is 0 Å². The molecule has 6 heteroatoms. The highest BCUT2D eigenvalue weighted by Gasteiger charge is 2.26. The van der Waals surface area contributed by atoms with Crippen molar-refractivity contribution in [2.24, 2.45) is 0 Å². The Morgan fingerprint density at radius 1 is 0.909 bits per heavy atom. The van der Waals surface area contributed by atoms with E-state index in [1.165, 1.54) is 7.11 Å². The molecule has 0 aromatic heterocycles. The molecular formula is C27H38N2O4. The molecule has 2 aromatic carbocycles. The molecule has 0 aliphatic carbocycles. The van der Waals surface area contributed by atoms with E-state index in [2.05, 4.69) is 52.2 Å². The normalized spacial score (nSPS) is 11.8. The molecule has 0 unspecified atom stereocenters. The quantitative estimate of drug-likeness (QED) is 0.534. The zero-order valence-corrected chi connectivity index (χ0v) is 21.0. The van der Waals surface area contributed by atoms with Gasteiger partial charge < -0.3 is 20.5 Å². The second-order valence-electron chi connectivity index (χ2n) is 10.5. The van der Waals surface area contributed by atoms with Crippen molar-refractivity contribution in [2.45, 2.75) is 71.8 Å². The van der Waals surface area contributed by atoms with Gasteiger partial charge in [-0.2, -0.15) is 0 Å². The third-order valence-corrected chi connectivity index (χ3v) is 5.40. The molecule has 0 aliphatic heterocycles. The van der Waals surface area contributed by atoms with Crippen LogP contribution in [-0.4, -0.2) is 30.6 Å². The number of carbonyl (C=O) groups is 2. The number of methoxy groups -OCH3 is 1. The predicted octanol–water partition coefficient (Wildman–Crippen LogP) is 4.82. The van der Waals surface area contributed by atoms with E-state index in [-0.39, 0.29) is 29.3 Å². The number of amides is 2. The Labute approximate surface area is 197 Å². The Hall–Kier alpha value is -2.86. The fourth-order valence-electron chi connectivity index (χ4n) is 3.62. The van der Waals surface area contributed by atoms with Crippen molar-refractivity contribution in [1.82, 2.24) is 5.32 Å². The van der Waals surface area contributed by atoms with Crippen LogP contribution in [0, 0.1) is 0 Å². The van der Waals surface area contributed by atoms with Gasteiger partial charge >= 0.3 is 0 Å². The molecule has 0 atom stereocenters. The van der Waals surface area contributed by atoms with Crippen molar-refractivity contribution in [3.8, 4) is 5.75 Å². The van der Waals surface area contributed by atoms with E-state index in [4.69, 9.17) is 4.74 Å². The fourth-order valence-corrected chi connectivity index (χ4v) is 3.62. The Morgan fingerprint density at radius 3 is 2.06 bits per heavy atom. The molecule has 0 bridgehead atoms. The lowest BCUT2D eigenvalue weighted by atomic mass is 9.78. The molecule has 0 heterocycles. The van der Waals surface area contributed by atoms with Gasteiger partial charge in [0.05, 0.1) is 0 Å². The lowest BCUT2D eigenvalue weighted by Crippen LogP contribution is -2.23. The van der Waals surface area contributed by atoms with Gasteiger partial charge in [-0.1, -0.05) is 65.8 Å². The molecule has 2 amide bonds. The number of nitrogens with one attached hydrogen (secondary N) is 2. The summed E-state index contributed by atoms with van der Waals surface area (Å²) in [6.45, 7) is 12.9. The number of aromatic hydroxyl groups is 1. The molecule has 0 saturated carbocycles. The number of benzene rings is 2. The van der Waals surface area contributed by atoms with E-state index in [0.29, 0.717) is 30.8 Å². The fraction of sp³-hybridized carbons (Fsp3) is 0.481. The third kappa shape index (κ3) is 7.90. The van der Waals surface area contributed by atoms with E-state index in [1.54, 1.807) is 6.07 Å². The number of rotatable bonds is 8. The van der Waals surface area contributed by atoms with Crippen LogP contribution in [0.1, 0.15) is 70.2 Å². The van der Waals surface area contributed by atoms with Gasteiger partial charge in [0.15, 0.2) is 0 Å². The molecule has 2 aromatic rings. The molecule has 6 nitrogen and oxygen atoms in total. The third-order valence-electron chi connectivity index (χ3n) is 5.40. The van der Waals surface area contributed by atoms with E-state index in [0.717, 1.165) is 22.3 Å². The Bertz CT molecular complexity index is 949. The van der Waals surface area contributed by atoms with Crippen molar-refractivity contribution in [3.05, 3.63) is 58.7 Å². The van der Waals surface area contributed by atoms with Crippen LogP contribution in [0.25, 0.3) is 0 Å². The van der Waals surface area contributed by atoms with Crippen LogP contribution < -0.4 is 10.6 Å². The maximum atomic E-state index is 12.5. The topological polar surface area (TPSA) is 87.7 Å². The van der Waals surface area contributed by atoms with Crippen molar-refractivity contribution in [3.63, 3.8) is 0 Å². The summed E-state index contributed by atoms with van der Waals surface area (Å²) in [4.78, 5) is 24.2. The standard InChI is InChI=1S/C27H38N2O4/c1-26(2,3)21-14-18(15-22(25(21)32)27(4,5)6)11-12-23(30)28-16-19-9-8-10-20(13-19)29-24(31)17-33-7/h8-10,13-15,32H,11-12,16-17H2,1-7H3,(H,28,30)(H,29,31). The van der Waals surface area contributed by atoms with Crippen LogP contribution in [-0.2, 0) is 38.1 Å². The maximum absolute atomic E-state index is 12.5. The number of carbonyl (C=O) groups excluding carboxylic acids is 2. The number of ether oxygens (including phenoxy) is 1. The summed E-state index contributed by atoms with van der Waals surface area (Å²) in [5, 5.41) is 16.6. The molecule has 0 radical (unpaired) electrons. The lowest BCUT2D eigenvalue weighted by Gasteiger charge is -2.28. The molecule has 180 valence electrons. The number of phenolic OH excluding ortho intramolecular Hbond substituents is 1. The van der Waals surface area contributed by atoms with E-state index in [9.17, 15) is 14.7 Å². The maximum Gasteiger partial charge on any atom is 0.250 e. The number of hydrogen-bond donors (Lipinski definition) is 3. The summed E-state index contributed by atoms with van der Waals surface area (Å²) in [5.41, 5.74) is 4.00. The highest BCUT2D eigenvalue weighted by atomic mass is 16.5. The average molecular weight is 455 g/mol. The molecule has 0 spiro atoms. The Kier molecular flexibility index (Phi) is 8.67. The van der Waals surface area contributed by atoms with Crippen molar-refractivity contribution < 1.29 is 19.4 Å². The minimum Gasteiger partial charge on any atom is -0.507 e. The first-order valence-corrected chi connectivity index (χ1v) is 11.3. The zero-order valence-electron chi connectivity index (χ0n) is 21.0. The van der Waals surface area contributed by atoms with Crippen molar-refractivity contribution in [1.29, 1.82) is 0 Å². The van der Waals surface area contributed by atoms with Crippen LogP contribution in [0.3, 0.4) is 0 Å². The smallest absolute Gasteiger partial charge is 0.250 e. The summed E-state index contributed by atoms with van der Waals surface area (Å²) in [6, 6.07) is 11.4. The first kappa shape index (κ1) is 26.4. The lowest BCUT2D eigenvalue weighted by molar-refractivity contribution is -0.121. The summed E-state index contributed by atoms with van der Waals surface area (Å²) >= 11 is 0. The summed E-state index contributed by atoms with van der Waals surface area (Å²) in [5.74, 6) is 0.0732. The number of aryl methyl sites for hydroxylation is 1. The monoisotopic (exact) mass is 454 g/mol. The van der Waals surface area contributed by atoms with Gasteiger partial charge in [-0.15, -0.1) is 0 Å². The minimum absolute atomic E-state index is 0.00786. The van der Waals surface area contributed by atoms with E-state index >= 15 is 0 Å². The van der Waals surface area contributed by atoms with E-state index in [1.807, 2.05) is 30.3 Å². The molecule has 0 aliphatic rings. The second kappa shape index (κ2) is 10.8. The van der Waals surface area contributed by atoms with Crippen molar-refractivity contribution in [2.75, 3.05) is 19.0 Å². The van der Waals surface area contributed by atoms with Gasteiger partial charge in [0.25, 0.3) is 0 Å². The van der Waals surface area contributed by atoms with Gasteiger partial charge in [-0.25, -0.2) is 0 Å². The Balaban J connectivity index is 2.03. The predicted molar refractivity (Wildman–Crippen MR) is 133 cm³/mol. The van der Waals surface area contributed by atoms with Crippen LogP contribution in [0.5, 0.6) is 5.75 Å². The summed E-state index contributed by atoms with van der Waals surface area (Å²) in [6.07, 6.45) is 0.938. The van der Waals surface area contributed by atoms with Gasteiger partial charge in [-0.05, 0) is 51.6 Å². The number of anilines is 1. The zero-order chi connectivity index (χ0) is 24.8. The molecule has 2 rings (SSSR count). The summed E-state index contributed by atoms with van der Waals surface area (Å²) in [7, 11) is 1.47. The number of phenols is 1. The van der Waals surface area contributed by atoms with Crippen LogP contribution in [0.4, 0.5) is 5.69 Å². The van der Waals surface area contributed by atoms with E-state index < -0.39 is 0 Å². The van der Waals surface area contributed by atoms with Gasteiger partial charge in [0, 0.05) is 25.8 Å². The average Bonchev–Trinajstić information content (AvgIpc) is 2.70. The van der Waals surface area contributed by atoms with Gasteiger partial charge in [0.1, 0.15) is 12.4 Å². The molecule has 33 heavy (non-hydrogen) atoms. The largest absolute Gasteiger partial charge is 0.507 e. The summed E-state index contributed by atoms with van der Waals surface area (Å²) < 4.78 is 4.82. The number of hydrogen-bond acceptors (Lipinski definition) is 4. The van der Waals surface area contributed by atoms with Crippen LogP contribution in [0.15, 0.2) is 36.4 Å². The molecule has 0 fully saturated rings. The molecule has 0 saturated heterocycles. The van der Waals surface area contributed by atoms with Gasteiger partial charge in [-0.3, -0.25) is 9.59 Å². The highest BCUT2D eigenvalue weighted by molar-refractivity contribution is 5.91. The molecular weight excluding hydrogens is 416 g/mol. The van der Waals surface area contributed by atoms with Crippen LogP contribution in [0.2, 0.25) is 0 Å². The SMILES string of the molecule is COCC(=O)Nc1cccc(CNC(=O)CCc2cc(C(C)(C)C)c(O)c(C(C)(C)C)c2)c1. The first-order chi connectivity index (χ1) is 15.3. The first-order valence-electron chi connectivity index (χ1n) is 11.3. The molecule has 3 N–H and O–H groups in total. The van der Waals surface area contributed by atoms with Gasteiger partial charge in [0.2, 0.25) is 11.8 Å². The Morgan fingerprint density at radius 2 is 1.52 bits per heavy atom. The van der Waals surface area contributed by atoms with Crippen molar-refractivity contribution >= 4 is 17.5 Å². The minimum atomic E-state index is -0.225. The second-order valence-corrected chi connectivity index (χ2v) is 10.5. The highest BCUT2D eigenvalue weighted by Crippen LogP contribution is 2.39.